The molecular weight excluding hydrogens is 380 g/mol. The molecule has 0 unspecified atom stereocenters. The van der Waals surface area contributed by atoms with Crippen molar-refractivity contribution in [2.45, 2.75) is 71.8 Å². The number of esters is 1. The molecule has 1 amide bonds. The molecule has 1 saturated carbocycles. The van der Waals surface area contributed by atoms with Gasteiger partial charge in [-0.2, -0.15) is 0 Å². The zero-order valence-corrected chi connectivity index (χ0v) is 18.4. The first-order valence-corrected chi connectivity index (χ1v) is 11.6. The lowest BCUT2D eigenvalue weighted by Crippen LogP contribution is -2.43. The Morgan fingerprint density at radius 1 is 1.00 bits per heavy atom. The fourth-order valence-electron chi connectivity index (χ4n) is 5.16. The van der Waals surface area contributed by atoms with E-state index in [0.717, 1.165) is 74.6 Å². The molecule has 4 rings (SSSR count). The zero-order valence-electron chi connectivity index (χ0n) is 18.4. The summed E-state index contributed by atoms with van der Waals surface area (Å²) in [4.78, 5) is 39.0. The van der Waals surface area contributed by atoms with Gasteiger partial charge < -0.3 is 14.5 Å². The molecule has 0 spiro atoms. The second kappa shape index (κ2) is 9.31. The standard InChI is InChI=1S/C23H34N4O3/c1-3-30-23(29)18-9-12-26(13-10-18)21-19-15-27(14-11-20(19)24-16(2)25-21)22(28)17-7-5-4-6-8-17/h17-18H,3-15H2,1-2H3. The van der Waals surface area contributed by atoms with Crippen LogP contribution in [0, 0.1) is 18.8 Å². The number of aryl methyl sites for hydroxylation is 1. The molecule has 30 heavy (non-hydrogen) atoms. The molecule has 3 heterocycles. The fraction of sp³-hybridized carbons (Fsp3) is 0.739. The van der Waals surface area contributed by atoms with Gasteiger partial charge in [0.15, 0.2) is 0 Å². The number of hydrogen-bond donors (Lipinski definition) is 0. The summed E-state index contributed by atoms with van der Waals surface area (Å²) in [6.07, 6.45) is 8.01. The van der Waals surface area contributed by atoms with E-state index >= 15 is 0 Å². The number of carbonyl (C=O) groups excluding carboxylic acids is 2. The molecule has 0 bridgehead atoms. The van der Waals surface area contributed by atoms with Gasteiger partial charge in [-0.15, -0.1) is 0 Å². The van der Waals surface area contributed by atoms with Crippen molar-refractivity contribution in [1.29, 1.82) is 0 Å². The number of amides is 1. The van der Waals surface area contributed by atoms with Crippen LogP contribution in [0.1, 0.15) is 69.0 Å². The molecule has 0 N–H and O–H groups in total. The Bertz CT molecular complexity index is 783. The smallest absolute Gasteiger partial charge is 0.309 e. The highest BCUT2D eigenvalue weighted by molar-refractivity contribution is 5.79. The number of piperidine rings is 1. The van der Waals surface area contributed by atoms with E-state index in [-0.39, 0.29) is 17.8 Å². The van der Waals surface area contributed by atoms with Crippen molar-refractivity contribution in [3.05, 3.63) is 17.1 Å². The Kier molecular flexibility index (Phi) is 6.54. The Morgan fingerprint density at radius 3 is 2.43 bits per heavy atom. The minimum atomic E-state index is -0.0812. The Morgan fingerprint density at radius 2 is 1.73 bits per heavy atom. The normalized spacial score (nSPS) is 20.7. The van der Waals surface area contributed by atoms with Crippen LogP contribution in [0.4, 0.5) is 5.82 Å². The molecule has 1 aromatic rings. The second-order valence-corrected chi connectivity index (χ2v) is 8.88. The molecule has 7 heteroatoms. The lowest BCUT2D eigenvalue weighted by Gasteiger charge is -2.37. The van der Waals surface area contributed by atoms with Crippen LogP contribution in [0.15, 0.2) is 0 Å². The summed E-state index contributed by atoms with van der Waals surface area (Å²) in [6.45, 7) is 7.15. The van der Waals surface area contributed by atoms with E-state index in [9.17, 15) is 9.59 Å². The summed E-state index contributed by atoms with van der Waals surface area (Å²) in [5.74, 6) is 2.14. The van der Waals surface area contributed by atoms with E-state index in [0.29, 0.717) is 19.1 Å². The molecule has 1 saturated heterocycles. The minimum Gasteiger partial charge on any atom is -0.466 e. The number of aromatic nitrogens is 2. The van der Waals surface area contributed by atoms with E-state index < -0.39 is 0 Å². The number of anilines is 1. The summed E-state index contributed by atoms with van der Waals surface area (Å²) in [6, 6.07) is 0. The molecule has 0 radical (unpaired) electrons. The van der Waals surface area contributed by atoms with Gasteiger partial charge in [-0.1, -0.05) is 19.3 Å². The summed E-state index contributed by atoms with van der Waals surface area (Å²) < 4.78 is 5.20. The minimum absolute atomic E-state index is 0.0238. The SMILES string of the molecule is CCOC(=O)C1CCN(c2nc(C)nc3c2CN(C(=O)C2CCCCC2)CC3)CC1. The van der Waals surface area contributed by atoms with E-state index in [1.807, 2.05) is 18.7 Å². The van der Waals surface area contributed by atoms with Gasteiger partial charge >= 0.3 is 5.97 Å². The van der Waals surface area contributed by atoms with E-state index in [1.165, 1.54) is 19.3 Å². The molecule has 1 aromatic heterocycles. The monoisotopic (exact) mass is 414 g/mol. The van der Waals surface area contributed by atoms with Crippen molar-refractivity contribution in [2.75, 3.05) is 31.1 Å². The Hall–Kier alpha value is -2.18. The van der Waals surface area contributed by atoms with Gasteiger partial charge in [-0.25, -0.2) is 9.97 Å². The van der Waals surface area contributed by atoms with Crippen LogP contribution in [-0.4, -0.2) is 53.0 Å². The zero-order chi connectivity index (χ0) is 21.1. The predicted octanol–water partition coefficient (Wildman–Crippen LogP) is 3.03. The fourth-order valence-corrected chi connectivity index (χ4v) is 5.16. The molecule has 3 aliphatic rings. The van der Waals surface area contributed by atoms with E-state index in [1.54, 1.807) is 0 Å². The summed E-state index contributed by atoms with van der Waals surface area (Å²) in [7, 11) is 0. The summed E-state index contributed by atoms with van der Waals surface area (Å²) in [5, 5.41) is 0. The first-order chi connectivity index (χ1) is 14.6. The van der Waals surface area contributed by atoms with Gasteiger partial charge in [0.1, 0.15) is 11.6 Å². The van der Waals surface area contributed by atoms with Crippen LogP contribution in [0.3, 0.4) is 0 Å². The summed E-state index contributed by atoms with van der Waals surface area (Å²) >= 11 is 0. The van der Waals surface area contributed by atoms with E-state index in [4.69, 9.17) is 14.7 Å². The lowest BCUT2D eigenvalue weighted by molar-refractivity contribution is -0.148. The van der Waals surface area contributed by atoms with Gasteiger partial charge in [0.05, 0.1) is 24.8 Å². The van der Waals surface area contributed by atoms with Crippen molar-refractivity contribution < 1.29 is 14.3 Å². The highest BCUT2D eigenvalue weighted by atomic mass is 16.5. The summed E-state index contributed by atoms with van der Waals surface area (Å²) in [5.41, 5.74) is 2.18. The number of rotatable bonds is 4. The van der Waals surface area contributed by atoms with Crippen LogP contribution < -0.4 is 4.90 Å². The first kappa shape index (κ1) is 21.1. The number of hydrogen-bond acceptors (Lipinski definition) is 6. The van der Waals surface area contributed by atoms with Crippen molar-refractivity contribution >= 4 is 17.7 Å². The molecule has 7 nitrogen and oxygen atoms in total. The molecule has 164 valence electrons. The van der Waals surface area contributed by atoms with Gasteiger partial charge in [0, 0.05) is 37.5 Å². The average molecular weight is 415 g/mol. The van der Waals surface area contributed by atoms with Crippen molar-refractivity contribution in [3.63, 3.8) is 0 Å². The average Bonchev–Trinajstić information content (AvgIpc) is 2.78. The molecule has 0 atom stereocenters. The molecule has 2 aliphatic heterocycles. The maximum atomic E-state index is 13.1. The van der Waals surface area contributed by atoms with Crippen LogP contribution in [0.25, 0.3) is 0 Å². The first-order valence-electron chi connectivity index (χ1n) is 11.6. The molecule has 2 fully saturated rings. The lowest BCUT2D eigenvalue weighted by atomic mass is 9.87. The van der Waals surface area contributed by atoms with E-state index in [2.05, 4.69) is 4.90 Å². The maximum absolute atomic E-state index is 13.1. The van der Waals surface area contributed by atoms with Gasteiger partial charge in [-0.3, -0.25) is 9.59 Å². The second-order valence-electron chi connectivity index (χ2n) is 8.88. The quantitative estimate of drug-likeness (QED) is 0.705. The third kappa shape index (κ3) is 4.44. The van der Waals surface area contributed by atoms with Crippen molar-refractivity contribution in [1.82, 2.24) is 14.9 Å². The van der Waals surface area contributed by atoms with Crippen molar-refractivity contribution in [2.24, 2.45) is 11.8 Å². The molecular formula is C23H34N4O3. The number of carbonyl (C=O) groups is 2. The maximum Gasteiger partial charge on any atom is 0.309 e. The van der Waals surface area contributed by atoms with Gasteiger partial charge in [-0.05, 0) is 39.5 Å². The Balaban J connectivity index is 1.49. The Labute approximate surface area is 179 Å². The molecule has 1 aliphatic carbocycles. The van der Waals surface area contributed by atoms with Crippen LogP contribution in [-0.2, 0) is 27.3 Å². The van der Waals surface area contributed by atoms with Crippen molar-refractivity contribution in [3.8, 4) is 0 Å². The third-order valence-electron chi connectivity index (χ3n) is 6.83. The van der Waals surface area contributed by atoms with Gasteiger partial charge in [0.2, 0.25) is 5.91 Å². The highest BCUT2D eigenvalue weighted by Gasteiger charge is 2.33. The highest BCUT2D eigenvalue weighted by Crippen LogP contribution is 2.32. The van der Waals surface area contributed by atoms with Crippen LogP contribution in [0.2, 0.25) is 0 Å². The number of fused-ring (bicyclic) bond motifs is 1. The van der Waals surface area contributed by atoms with Crippen LogP contribution in [0.5, 0.6) is 0 Å². The third-order valence-corrected chi connectivity index (χ3v) is 6.83. The number of ether oxygens (including phenoxy) is 1. The van der Waals surface area contributed by atoms with Gasteiger partial charge in [0.25, 0.3) is 0 Å². The molecule has 0 aromatic carbocycles. The van der Waals surface area contributed by atoms with Crippen LogP contribution >= 0.6 is 0 Å². The largest absolute Gasteiger partial charge is 0.466 e. The topological polar surface area (TPSA) is 75.6 Å². The number of nitrogens with zero attached hydrogens (tertiary/aromatic N) is 4. The predicted molar refractivity (Wildman–Crippen MR) is 114 cm³/mol.